The van der Waals surface area contributed by atoms with Gasteiger partial charge in [-0.3, -0.25) is 0 Å². The number of hydrogen-bond donors (Lipinski definition) is 1. The van der Waals surface area contributed by atoms with E-state index in [2.05, 4.69) is 41.3 Å². The van der Waals surface area contributed by atoms with Gasteiger partial charge in [0.15, 0.2) is 0 Å². The summed E-state index contributed by atoms with van der Waals surface area (Å²) in [6.45, 7) is 6.79. The van der Waals surface area contributed by atoms with Crippen LogP contribution in [0.5, 0.6) is 5.75 Å². The average Bonchev–Trinajstić information content (AvgIpc) is 2.45. The Hall–Kier alpha value is -2.10. The Balaban J connectivity index is 1.97. The molecule has 2 aromatic rings. The molecule has 0 aliphatic carbocycles. The van der Waals surface area contributed by atoms with Crippen molar-refractivity contribution in [3.63, 3.8) is 0 Å². The molecule has 0 amide bonds. The molecule has 4 heteroatoms. The normalized spacial score (nSPS) is 11.9. The minimum absolute atomic E-state index is 0.239. The maximum atomic E-state index is 5.82. The van der Waals surface area contributed by atoms with Gasteiger partial charge in [0.1, 0.15) is 17.4 Å². The molecule has 106 valence electrons. The van der Waals surface area contributed by atoms with E-state index in [0.717, 1.165) is 23.8 Å². The average molecular weight is 271 g/mol. The lowest BCUT2D eigenvalue weighted by Crippen LogP contribution is -2.10. The number of nitrogens with one attached hydrogen (secondary N) is 1. The first-order valence-corrected chi connectivity index (χ1v) is 6.96. The van der Waals surface area contributed by atoms with Crippen LogP contribution in [0, 0.1) is 6.92 Å². The van der Waals surface area contributed by atoms with Crippen LogP contribution in [0.3, 0.4) is 0 Å². The number of aryl methyl sites for hydroxylation is 1. The number of hydrogen-bond acceptors (Lipinski definition) is 4. The Bertz CT molecular complexity index is 557. The van der Waals surface area contributed by atoms with E-state index >= 15 is 0 Å². The molecule has 4 nitrogen and oxygen atoms in total. The minimum Gasteiger partial charge on any atom is -0.491 e. The van der Waals surface area contributed by atoms with Gasteiger partial charge in [-0.15, -0.1) is 0 Å². The first-order chi connectivity index (χ1) is 9.67. The number of nitrogens with zero attached hydrogens (tertiary/aromatic N) is 2. The number of ether oxygens (including phenoxy) is 1. The first-order valence-electron chi connectivity index (χ1n) is 6.96. The van der Waals surface area contributed by atoms with Gasteiger partial charge in [0.05, 0.1) is 6.10 Å². The van der Waals surface area contributed by atoms with Gasteiger partial charge in [0, 0.05) is 12.7 Å². The number of benzene rings is 1. The predicted molar refractivity (Wildman–Crippen MR) is 80.9 cm³/mol. The third-order valence-electron chi connectivity index (χ3n) is 3.06. The highest BCUT2D eigenvalue weighted by molar-refractivity contribution is 5.36. The second-order valence-electron chi connectivity index (χ2n) is 4.83. The highest BCUT2D eigenvalue weighted by atomic mass is 16.5. The van der Waals surface area contributed by atoms with Crippen LogP contribution in [-0.4, -0.2) is 16.1 Å². The van der Waals surface area contributed by atoms with Crippen LogP contribution in [0.1, 0.15) is 31.7 Å². The van der Waals surface area contributed by atoms with E-state index in [9.17, 15) is 0 Å². The van der Waals surface area contributed by atoms with Crippen molar-refractivity contribution in [2.24, 2.45) is 0 Å². The smallest absolute Gasteiger partial charge is 0.129 e. The quantitative estimate of drug-likeness (QED) is 0.872. The van der Waals surface area contributed by atoms with Crippen LogP contribution in [0.2, 0.25) is 0 Å². The van der Waals surface area contributed by atoms with Crippen LogP contribution in [-0.2, 0) is 6.54 Å². The highest BCUT2D eigenvalue weighted by Crippen LogP contribution is 2.16. The third kappa shape index (κ3) is 4.23. The van der Waals surface area contributed by atoms with Crippen molar-refractivity contribution in [2.45, 2.75) is 39.8 Å². The fourth-order valence-corrected chi connectivity index (χ4v) is 1.79. The lowest BCUT2D eigenvalue weighted by molar-refractivity contribution is 0.217. The standard InChI is InChI=1S/C16H21N3O/c1-4-12(2)20-15-7-5-6-14(10-15)11-18-16-8-9-17-13(3)19-16/h5-10,12H,4,11H2,1-3H3,(H,17,18,19). The summed E-state index contributed by atoms with van der Waals surface area (Å²) < 4.78 is 5.82. The topological polar surface area (TPSA) is 47.0 Å². The molecule has 1 aromatic heterocycles. The monoisotopic (exact) mass is 271 g/mol. The van der Waals surface area contributed by atoms with E-state index in [-0.39, 0.29) is 6.10 Å². The molecule has 0 aliphatic heterocycles. The molecular formula is C16H21N3O. The molecule has 1 aromatic carbocycles. The molecule has 1 unspecified atom stereocenters. The molecule has 20 heavy (non-hydrogen) atoms. The minimum atomic E-state index is 0.239. The molecule has 0 saturated heterocycles. The molecule has 0 saturated carbocycles. The Kier molecular flexibility index (Phi) is 4.93. The van der Waals surface area contributed by atoms with Crippen molar-refractivity contribution in [1.29, 1.82) is 0 Å². The van der Waals surface area contributed by atoms with Gasteiger partial charge in [0.2, 0.25) is 0 Å². The van der Waals surface area contributed by atoms with Crippen LogP contribution in [0.25, 0.3) is 0 Å². The van der Waals surface area contributed by atoms with Crippen molar-refractivity contribution < 1.29 is 4.74 Å². The number of aromatic nitrogens is 2. The summed E-state index contributed by atoms with van der Waals surface area (Å²) in [5.74, 6) is 2.52. The Morgan fingerprint density at radius 2 is 2.15 bits per heavy atom. The molecule has 1 heterocycles. The van der Waals surface area contributed by atoms with Crippen LogP contribution in [0.15, 0.2) is 36.5 Å². The number of anilines is 1. The summed E-state index contributed by atoms with van der Waals surface area (Å²) in [6.07, 6.45) is 3.00. The second-order valence-corrected chi connectivity index (χ2v) is 4.83. The molecule has 0 aliphatic rings. The van der Waals surface area contributed by atoms with Gasteiger partial charge < -0.3 is 10.1 Å². The van der Waals surface area contributed by atoms with E-state index in [0.29, 0.717) is 6.54 Å². The zero-order valence-corrected chi connectivity index (χ0v) is 12.3. The fourth-order valence-electron chi connectivity index (χ4n) is 1.79. The summed E-state index contributed by atoms with van der Waals surface area (Å²) in [4.78, 5) is 8.40. The van der Waals surface area contributed by atoms with Gasteiger partial charge in [0.25, 0.3) is 0 Å². The largest absolute Gasteiger partial charge is 0.491 e. The van der Waals surface area contributed by atoms with Gasteiger partial charge in [-0.2, -0.15) is 0 Å². The van der Waals surface area contributed by atoms with Gasteiger partial charge in [-0.1, -0.05) is 19.1 Å². The van der Waals surface area contributed by atoms with E-state index in [1.807, 2.05) is 25.1 Å². The maximum Gasteiger partial charge on any atom is 0.129 e. The SMILES string of the molecule is CCC(C)Oc1cccc(CNc2ccnc(C)n2)c1. The molecule has 1 N–H and O–H groups in total. The lowest BCUT2D eigenvalue weighted by Gasteiger charge is -2.13. The zero-order chi connectivity index (χ0) is 14.4. The fraction of sp³-hybridized carbons (Fsp3) is 0.375. The van der Waals surface area contributed by atoms with E-state index in [4.69, 9.17) is 4.74 Å². The van der Waals surface area contributed by atoms with Gasteiger partial charge in [-0.05, 0) is 44.0 Å². The lowest BCUT2D eigenvalue weighted by atomic mass is 10.2. The van der Waals surface area contributed by atoms with Crippen molar-refractivity contribution in [1.82, 2.24) is 9.97 Å². The zero-order valence-electron chi connectivity index (χ0n) is 12.3. The van der Waals surface area contributed by atoms with E-state index in [1.54, 1.807) is 6.20 Å². The number of rotatable bonds is 6. The summed E-state index contributed by atoms with van der Waals surface area (Å²) in [7, 11) is 0. The van der Waals surface area contributed by atoms with E-state index < -0.39 is 0 Å². The van der Waals surface area contributed by atoms with Crippen LogP contribution >= 0.6 is 0 Å². The maximum absolute atomic E-state index is 5.82. The van der Waals surface area contributed by atoms with Crippen molar-refractivity contribution >= 4 is 5.82 Å². The first kappa shape index (κ1) is 14.3. The molecular weight excluding hydrogens is 250 g/mol. The molecule has 0 radical (unpaired) electrons. The molecule has 0 bridgehead atoms. The second kappa shape index (κ2) is 6.89. The Morgan fingerprint density at radius 3 is 2.90 bits per heavy atom. The van der Waals surface area contributed by atoms with Crippen molar-refractivity contribution in [3.8, 4) is 5.75 Å². The third-order valence-corrected chi connectivity index (χ3v) is 3.06. The predicted octanol–water partition coefficient (Wildman–Crippen LogP) is 3.57. The summed E-state index contributed by atoms with van der Waals surface area (Å²) in [5, 5.41) is 3.29. The molecule has 0 spiro atoms. The molecule has 2 rings (SSSR count). The van der Waals surface area contributed by atoms with Gasteiger partial charge in [-0.25, -0.2) is 9.97 Å². The van der Waals surface area contributed by atoms with Crippen LogP contribution < -0.4 is 10.1 Å². The molecule has 0 fully saturated rings. The molecule has 1 atom stereocenters. The van der Waals surface area contributed by atoms with Crippen LogP contribution in [0.4, 0.5) is 5.82 Å². The Morgan fingerprint density at radius 1 is 1.30 bits per heavy atom. The Labute approximate surface area is 120 Å². The van der Waals surface area contributed by atoms with E-state index in [1.165, 1.54) is 5.56 Å². The van der Waals surface area contributed by atoms with Crippen molar-refractivity contribution in [3.05, 3.63) is 47.9 Å². The summed E-state index contributed by atoms with van der Waals surface area (Å²) in [6, 6.07) is 10.0. The van der Waals surface area contributed by atoms with Crippen molar-refractivity contribution in [2.75, 3.05) is 5.32 Å². The highest BCUT2D eigenvalue weighted by Gasteiger charge is 2.02. The summed E-state index contributed by atoms with van der Waals surface area (Å²) in [5.41, 5.74) is 1.17. The van der Waals surface area contributed by atoms with Gasteiger partial charge >= 0.3 is 0 Å². The summed E-state index contributed by atoms with van der Waals surface area (Å²) >= 11 is 0.